The summed E-state index contributed by atoms with van der Waals surface area (Å²) in [5.74, 6) is 0.813. The molecule has 3 rings (SSSR count). The van der Waals surface area contributed by atoms with Crippen molar-refractivity contribution in [1.82, 2.24) is 15.1 Å². The van der Waals surface area contributed by atoms with Gasteiger partial charge in [-0.25, -0.2) is 0 Å². The number of carbonyl (C=O) groups excluding carboxylic acids is 1. The smallest absolute Gasteiger partial charge is 0.234 e. The van der Waals surface area contributed by atoms with E-state index in [1.54, 1.807) is 13.2 Å². The fraction of sp³-hybridized carbons (Fsp3) is 0.632. The number of methoxy groups -OCH3 is 1. The molecule has 0 bridgehead atoms. The summed E-state index contributed by atoms with van der Waals surface area (Å²) in [5.41, 5.74) is 0.901. The van der Waals surface area contributed by atoms with Gasteiger partial charge in [0.2, 0.25) is 5.91 Å². The third-order valence-electron chi connectivity index (χ3n) is 5.23. The number of ether oxygens (including phenoxy) is 1. The average Bonchev–Trinajstić information content (AvgIpc) is 3.26. The number of rotatable bonds is 7. The number of nitrogens with one attached hydrogen (secondary N) is 1. The van der Waals surface area contributed by atoms with Gasteiger partial charge in [0.15, 0.2) is 0 Å². The molecule has 2 aliphatic rings. The van der Waals surface area contributed by atoms with Crippen molar-refractivity contribution in [3.05, 3.63) is 28.8 Å². The molecule has 25 heavy (non-hydrogen) atoms. The van der Waals surface area contributed by atoms with Crippen LogP contribution in [0, 0.1) is 0 Å². The summed E-state index contributed by atoms with van der Waals surface area (Å²) in [4.78, 5) is 17.3. The number of likely N-dealkylation sites (tertiary alicyclic amines) is 2. The molecule has 1 aromatic rings. The van der Waals surface area contributed by atoms with Crippen LogP contribution in [0.2, 0.25) is 5.02 Å². The summed E-state index contributed by atoms with van der Waals surface area (Å²) in [6.07, 6.45) is 5.02. The first-order chi connectivity index (χ1) is 12.2. The van der Waals surface area contributed by atoms with Crippen molar-refractivity contribution in [2.24, 2.45) is 0 Å². The van der Waals surface area contributed by atoms with E-state index in [2.05, 4.69) is 15.1 Å². The first-order valence-electron chi connectivity index (χ1n) is 9.21. The Hall–Kier alpha value is -1.30. The van der Waals surface area contributed by atoms with Crippen LogP contribution in [0.15, 0.2) is 18.2 Å². The van der Waals surface area contributed by atoms with E-state index >= 15 is 0 Å². The molecule has 0 saturated carbocycles. The van der Waals surface area contributed by atoms with Crippen LogP contribution in [-0.4, -0.2) is 61.6 Å². The van der Waals surface area contributed by atoms with Gasteiger partial charge in [-0.3, -0.25) is 9.69 Å². The summed E-state index contributed by atoms with van der Waals surface area (Å²) in [7, 11) is 1.63. The molecule has 1 N–H and O–H groups in total. The number of hydrogen-bond donors (Lipinski definition) is 1. The number of hydrogen-bond acceptors (Lipinski definition) is 4. The standard InChI is InChI=1S/C19H28ClN3O2/c1-25-18-7-6-16(20)11-15(18)12-21-19(24)14-23-10-4-5-17(23)13-22-8-2-3-9-22/h6-7,11,17H,2-5,8-10,12-14H2,1H3,(H,21,24). The monoisotopic (exact) mass is 365 g/mol. The van der Waals surface area contributed by atoms with Crippen molar-refractivity contribution in [3.63, 3.8) is 0 Å². The maximum absolute atomic E-state index is 12.4. The highest BCUT2D eigenvalue weighted by Gasteiger charge is 2.28. The third-order valence-corrected chi connectivity index (χ3v) is 5.47. The lowest BCUT2D eigenvalue weighted by molar-refractivity contribution is -0.122. The number of halogens is 1. The minimum atomic E-state index is 0.0651. The summed E-state index contributed by atoms with van der Waals surface area (Å²) >= 11 is 6.05. The van der Waals surface area contributed by atoms with Crippen LogP contribution in [0.5, 0.6) is 5.75 Å². The molecule has 2 aliphatic heterocycles. The molecule has 0 aromatic heterocycles. The third kappa shape index (κ3) is 5.09. The average molecular weight is 366 g/mol. The van der Waals surface area contributed by atoms with E-state index in [0.29, 0.717) is 24.2 Å². The fourth-order valence-electron chi connectivity index (χ4n) is 3.89. The first-order valence-corrected chi connectivity index (χ1v) is 9.59. The molecule has 138 valence electrons. The molecule has 6 heteroatoms. The number of nitrogens with zero attached hydrogens (tertiary/aromatic N) is 2. The van der Waals surface area contributed by atoms with Gasteiger partial charge in [0.25, 0.3) is 0 Å². The summed E-state index contributed by atoms with van der Waals surface area (Å²) in [6.45, 7) is 5.46. The lowest BCUT2D eigenvalue weighted by Crippen LogP contribution is -2.44. The van der Waals surface area contributed by atoms with Gasteiger partial charge in [-0.15, -0.1) is 0 Å². The Morgan fingerprint density at radius 3 is 2.84 bits per heavy atom. The van der Waals surface area contributed by atoms with Gasteiger partial charge in [0.1, 0.15) is 5.75 Å². The fourth-order valence-corrected chi connectivity index (χ4v) is 4.09. The van der Waals surface area contributed by atoms with E-state index in [1.807, 2.05) is 12.1 Å². The molecule has 1 unspecified atom stereocenters. The molecule has 0 aliphatic carbocycles. The molecule has 1 amide bonds. The van der Waals surface area contributed by atoms with Crippen LogP contribution >= 0.6 is 11.6 Å². The second-order valence-electron chi connectivity index (χ2n) is 7.01. The number of benzene rings is 1. The van der Waals surface area contributed by atoms with Crippen LogP contribution in [0.3, 0.4) is 0 Å². The Kier molecular flexibility index (Phi) is 6.57. The minimum Gasteiger partial charge on any atom is -0.496 e. The minimum absolute atomic E-state index is 0.0651. The van der Waals surface area contributed by atoms with E-state index in [9.17, 15) is 4.79 Å². The number of carbonyl (C=O) groups is 1. The zero-order valence-electron chi connectivity index (χ0n) is 15.0. The van der Waals surface area contributed by atoms with Gasteiger partial charge >= 0.3 is 0 Å². The molecule has 2 saturated heterocycles. The van der Waals surface area contributed by atoms with Gasteiger partial charge in [-0.2, -0.15) is 0 Å². The predicted molar refractivity (Wildman–Crippen MR) is 100 cm³/mol. The van der Waals surface area contributed by atoms with E-state index in [-0.39, 0.29) is 5.91 Å². The number of amides is 1. The highest BCUT2D eigenvalue weighted by atomic mass is 35.5. The van der Waals surface area contributed by atoms with Crippen molar-refractivity contribution in [2.75, 3.05) is 39.8 Å². The largest absolute Gasteiger partial charge is 0.496 e. The Labute approximate surface area is 155 Å². The molecule has 1 atom stereocenters. The topological polar surface area (TPSA) is 44.8 Å². The van der Waals surface area contributed by atoms with Crippen LogP contribution in [0.4, 0.5) is 0 Å². The Bertz CT molecular complexity index is 590. The maximum atomic E-state index is 12.4. The Morgan fingerprint density at radius 1 is 1.28 bits per heavy atom. The molecule has 2 heterocycles. The zero-order chi connectivity index (χ0) is 17.6. The summed E-state index contributed by atoms with van der Waals surface area (Å²) < 4.78 is 5.33. The van der Waals surface area contributed by atoms with Crippen LogP contribution in [0.25, 0.3) is 0 Å². The molecule has 0 radical (unpaired) electrons. The second kappa shape index (κ2) is 8.88. The van der Waals surface area contributed by atoms with Crippen LogP contribution in [-0.2, 0) is 11.3 Å². The van der Waals surface area contributed by atoms with E-state index < -0.39 is 0 Å². The normalized spacial score (nSPS) is 21.6. The molecule has 0 spiro atoms. The van der Waals surface area contributed by atoms with E-state index in [4.69, 9.17) is 16.3 Å². The van der Waals surface area contributed by atoms with Crippen molar-refractivity contribution in [2.45, 2.75) is 38.3 Å². The lowest BCUT2D eigenvalue weighted by atomic mass is 10.2. The molecular weight excluding hydrogens is 338 g/mol. The molecule has 2 fully saturated rings. The van der Waals surface area contributed by atoms with Crippen molar-refractivity contribution >= 4 is 17.5 Å². The lowest BCUT2D eigenvalue weighted by Gasteiger charge is -2.28. The van der Waals surface area contributed by atoms with Crippen molar-refractivity contribution in [3.8, 4) is 5.75 Å². The van der Waals surface area contributed by atoms with Crippen molar-refractivity contribution < 1.29 is 9.53 Å². The van der Waals surface area contributed by atoms with Gasteiger partial charge in [0, 0.05) is 29.7 Å². The summed E-state index contributed by atoms with van der Waals surface area (Å²) in [6, 6.07) is 5.98. The summed E-state index contributed by atoms with van der Waals surface area (Å²) in [5, 5.41) is 3.66. The molecule has 1 aromatic carbocycles. The SMILES string of the molecule is COc1ccc(Cl)cc1CNC(=O)CN1CCCC1CN1CCCC1. The first kappa shape index (κ1) is 18.5. The van der Waals surface area contributed by atoms with Gasteiger partial charge in [-0.1, -0.05) is 11.6 Å². The van der Waals surface area contributed by atoms with E-state index in [0.717, 1.165) is 24.4 Å². The highest BCUT2D eigenvalue weighted by molar-refractivity contribution is 6.30. The van der Waals surface area contributed by atoms with Crippen molar-refractivity contribution in [1.29, 1.82) is 0 Å². The Morgan fingerprint density at radius 2 is 2.08 bits per heavy atom. The highest BCUT2D eigenvalue weighted by Crippen LogP contribution is 2.23. The Balaban J connectivity index is 1.49. The predicted octanol–water partition coefficient (Wildman–Crippen LogP) is 2.53. The molecular formula is C19H28ClN3O2. The van der Waals surface area contributed by atoms with Gasteiger partial charge in [-0.05, 0) is 63.5 Å². The van der Waals surface area contributed by atoms with Gasteiger partial charge in [0.05, 0.1) is 13.7 Å². The second-order valence-corrected chi connectivity index (χ2v) is 7.44. The van der Waals surface area contributed by atoms with Crippen LogP contribution in [0.1, 0.15) is 31.2 Å². The quantitative estimate of drug-likeness (QED) is 0.806. The molecule has 5 nitrogen and oxygen atoms in total. The zero-order valence-corrected chi connectivity index (χ0v) is 15.7. The van der Waals surface area contributed by atoms with E-state index in [1.165, 1.54) is 38.8 Å². The van der Waals surface area contributed by atoms with Gasteiger partial charge < -0.3 is 15.0 Å². The van der Waals surface area contributed by atoms with Crippen LogP contribution < -0.4 is 10.1 Å². The maximum Gasteiger partial charge on any atom is 0.234 e.